The van der Waals surface area contributed by atoms with Gasteiger partial charge in [0.1, 0.15) is 23.9 Å². The predicted octanol–water partition coefficient (Wildman–Crippen LogP) is 4.15. The lowest BCUT2D eigenvalue weighted by atomic mass is 9.95. The Kier molecular flexibility index (Phi) is 8.01. The molecule has 0 aliphatic carbocycles. The van der Waals surface area contributed by atoms with Crippen molar-refractivity contribution in [3.63, 3.8) is 0 Å². The molecule has 3 rings (SSSR count). The number of ether oxygens (including phenoxy) is 1. The molecule has 0 bridgehead atoms. The molecule has 0 unspecified atom stereocenters. The number of amides is 1. The van der Waals surface area contributed by atoms with Gasteiger partial charge in [0, 0.05) is 18.7 Å². The van der Waals surface area contributed by atoms with Crippen molar-refractivity contribution in [3.05, 3.63) is 83.7 Å². The van der Waals surface area contributed by atoms with Gasteiger partial charge in [-0.3, -0.25) is 9.59 Å². The van der Waals surface area contributed by atoms with Gasteiger partial charge in [-0.15, -0.1) is 0 Å². The van der Waals surface area contributed by atoms with E-state index in [4.69, 9.17) is 4.74 Å². The maximum atomic E-state index is 13.4. The molecular weight excluding hydrogens is 423 g/mol. The smallest absolute Gasteiger partial charge is 0.295 e. The summed E-state index contributed by atoms with van der Waals surface area (Å²) < 4.78 is 18.9. The number of likely N-dealkylation sites (tertiary alicyclic amines) is 1. The third-order valence-electron chi connectivity index (χ3n) is 5.77. The van der Waals surface area contributed by atoms with Crippen molar-refractivity contribution in [2.45, 2.75) is 19.9 Å². The average molecular weight is 453 g/mol. The monoisotopic (exact) mass is 452 g/mol. The van der Waals surface area contributed by atoms with E-state index in [1.807, 2.05) is 13.8 Å². The first-order chi connectivity index (χ1) is 15.9. The standard InChI is InChI=1S/C26H29FN2O4/c1-4-17-33-21-13-9-18(10-14-21)23-22(24(30)19-7-11-20(27)12-8-19)25(31)26(32)29(23)16-15-28(5-2)6-3/h4,7-14,23,30H,1,5-6,15-17H2,2-3H3/t23-/m1/s1. The van der Waals surface area contributed by atoms with Crippen LogP contribution in [0.4, 0.5) is 4.39 Å². The number of aliphatic hydroxyl groups excluding tert-OH is 1. The van der Waals surface area contributed by atoms with E-state index in [0.29, 0.717) is 31.0 Å². The number of hydrogen-bond donors (Lipinski definition) is 1. The number of rotatable bonds is 10. The molecule has 6 nitrogen and oxygen atoms in total. The number of nitrogens with zero attached hydrogens (tertiary/aromatic N) is 2. The van der Waals surface area contributed by atoms with Crippen LogP contribution in [-0.4, -0.2) is 59.4 Å². The molecule has 0 spiro atoms. The minimum absolute atomic E-state index is 0.00841. The van der Waals surface area contributed by atoms with Gasteiger partial charge in [0.15, 0.2) is 0 Å². The number of halogens is 1. The van der Waals surface area contributed by atoms with Crippen molar-refractivity contribution in [1.82, 2.24) is 9.80 Å². The highest BCUT2D eigenvalue weighted by molar-refractivity contribution is 6.46. The highest BCUT2D eigenvalue weighted by atomic mass is 19.1. The van der Waals surface area contributed by atoms with Crippen LogP contribution in [0.2, 0.25) is 0 Å². The van der Waals surface area contributed by atoms with Crippen LogP contribution in [0.5, 0.6) is 5.75 Å². The molecule has 0 radical (unpaired) electrons. The van der Waals surface area contributed by atoms with E-state index in [1.54, 1.807) is 30.3 Å². The molecule has 174 valence electrons. The Bertz CT molecular complexity index is 1030. The van der Waals surface area contributed by atoms with Gasteiger partial charge in [0.25, 0.3) is 11.7 Å². The SMILES string of the molecule is C=CCOc1ccc([C@@H]2C(=C(O)c3ccc(F)cc3)C(=O)C(=O)N2CCN(CC)CC)cc1. The molecule has 2 aromatic rings. The Morgan fingerprint density at radius 3 is 2.33 bits per heavy atom. The van der Waals surface area contributed by atoms with Gasteiger partial charge in [-0.25, -0.2) is 4.39 Å². The summed E-state index contributed by atoms with van der Waals surface area (Å²) in [5, 5.41) is 11.0. The number of ketones is 1. The summed E-state index contributed by atoms with van der Waals surface area (Å²) in [7, 11) is 0. The molecule has 1 saturated heterocycles. The van der Waals surface area contributed by atoms with E-state index in [9.17, 15) is 19.1 Å². The highest BCUT2D eigenvalue weighted by Crippen LogP contribution is 2.39. The zero-order chi connectivity index (χ0) is 24.0. The number of carbonyl (C=O) groups is 2. The largest absolute Gasteiger partial charge is 0.507 e. The van der Waals surface area contributed by atoms with Gasteiger partial charge in [-0.1, -0.05) is 38.6 Å². The van der Waals surface area contributed by atoms with Crippen LogP contribution in [0.25, 0.3) is 5.76 Å². The number of aliphatic hydroxyl groups is 1. The van der Waals surface area contributed by atoms with E-state index in [0.717, 1.165) is 13.1 Å². The quantitative estimate of drug-likeness (QED) is 0.254. The van der Waals surface area contributed by atoms with Crippen LogP contribution in [0, 0.1) is 5.82 Å². The summed E-state index contributed by atoms with van der Waals surface area (Å²) in [5.74, 6) is -1.58. The molecule has 1 amide bonds. The summed E-state index contributed by atoms with van der Waals surface area (Å²) in [6.07, 6.45) is 1.64. The third kappa shape index (κ3) is 5.31. The molecule has 0 aromatic heterocycles. The predicted molar refractivity (Wildman–Crippen MR) is 125 cm³/mol. The molecule has 1 aliphatic heterocycles. The summed E-state index contributed by atoms with van der Waals surface area (Å²) in [5.41, 5.74) is 0.934. The third-order valence-corrected chi connectivity index (χ3v) is 5.77. The van der Waals surface area contributed by atoms with Crippen molar-refractivity contribution in [2.24, 2.45) is 0 Å². The molecular formula is C26H29FN2O4. The van der Waals surface area contributed by atoms with Crippen LogP contribution < -0.4 is 4.74 Å². The van der Waals surface area contributed by atoms with Crippen LogP contribution in [-0.2, 0) is 9.59 Å². The molecule has 33 heavy (non-hydrogen) atoms. The number of hydrogen-bond acceptors (Lipinski definition) is 5. The molecule has 1 atom stereocenters. The maximum Gasteiger partial charge on any atom is 0.295 e. The van der Waals surface area contributed by atoms with Crippen LogP contribution in [0.3, 0.4) is 0 Å². The lowest BCUT2D eigenvalue weighted by molar-refractivity contribution is -0.140. The van der Waals surface area contributed by atoms with E-state index < -0.39 is 23.5 Å². The fourth-order valence-electron chi connectivity index (χ4n) is 3.91. The Labute approximate surface area is 193 Å². The lowest BCUT2D eigenvalue weighted by Gasteiger charge is -2.28. The lowest BCUT2D eigenvalue weighted by Crippen LogP contribution is -2.38. The summed E-state index contributed by atoms with van der Waals surface area (Å²) in [6, 6.07) is 11.5. The van der Waals surface area contributed by atoms with Gasteiger partial charge in [0.05, 0.1) is 11.6 Å². The first-order valence-corrected chi connectivity index (χ1v) is 11.0. The Hall–Kier alpha value is -3.45. The van der Waals surface area contributed by atoms with Gasteiger partial charge in [-0.05, 0) is 55.1 Å². The van der Waals surface area contributed by atoms with Crippen molar-refractivity contribution in [1.29, 1.82) is 0 Å². The summed E-state index contributed by atoms with van der Waals surface area (Å²) in [6.45, 7) is 10.6. The normalized spacial score (nSPS) is 17.6. The van der Waals surface area contributed by atoms with E-state index >= 15 is 0 Å². The first kappa shape index (κ1) is 24.2. The van der Waals surface area contributed by atoms with Crippen molar-refractivity contribution in [2.75, 3.05) is 32.8 Å². The van der Waals surface area contributed by atoms with E-state index in [2.05, 4.69) is 11.5 Å². The fraction of sp³-hybridized carbons (Fsp3) is 0.308. The zero-order valence-electron chi connectivity index (χ0n) is 19.0. The van der Waals surface area contributed by atoms with Crippen molar-refractivity contribution < 1.29 is 23.8 Å². The van der Waals surface area contributed by atoms with Gasteiger partial charge >= 0.3 is 0 Å². The number of likely N-dealkylation sites (N-methyl/N-ethyl adjacent to an activating group) is 1. The molecule has 1 heterocycles. The Morgan fingerprint density at radius 2 is 1.76 bits per heavy atom. The van der Waals surface area contributed by atoms with Crippen LogP contribution in [0.15, 0.2) is 66.8 Å². The highest BCUT2D eigenvalue weighted by Gasteiger charge is 2.45. The minimum atomic E-state index is -0.765. The van der Waals surface area contributed by atoms with Gasteiger partial charge in [0.2, 0.25) is 0 Å². The summed E-state index contributed by atoms with van der Waals surface area (Å²) >= 11 is 0. The van der Waals surface area contributed by atoms with E-state index in [-0.39, 0.29) is 16.9 Å². The molecule has 1 fully saturated rings. The zero-order valence-corrected chi connectivity index (χ0v) is 19.0. The van der Waals surface area contributed by atoms with Gasteiger partial charge in [-0.2, -0.15) is 0 Å². The first-order valence-electron chi connectivity index (χ1n) is 11.0. The number of Topliss-reactive ketones (excluding diaryl/α,β-unsaturated/α-hetero) is 1. The maximum absolute atomic E-state index is 13.4. The van der Waals surface area contributed by atoms with Crippen molar-refractivity contribution in [3.8, 4) is 5.75 Å². The van der Waals surface area contributed by atoms with Gasteiger partial charge < -0.3 is 19.6 Å². The molecule has 1 N–H and O–H groups in total. The topological polar surface area (TPSA) is 70.1 Å². The second-order valence-electron chi connectivity index (χ2n) is 7.69. The molecule has 0 saturated carbocycles. The molecule has 1 aliphatic rings. The second-order valence-corrected chi connectivity index (χ2v) is 7.69. The minimum Gasteiger partial charge on any atom is -0.507 e. The van der Waals surface area contributed by atoms with E-state index in [1.165, 1.54) is 29.2 Å². The molecule has 2 aromatic carbocycles. The van der Waals surface area contributed by atoms with Crippen LogP contribution >= 0.6 is 0 Å². The average Bonchev–Trinajstić information content (AvgIpc) is 3.08. The number of benzene rings is 2. The van der Waals surface area contributed by atoms with Crippen LogP contribution in [0.1, 0.15) is 31.0 Å². The fourth-order valence-corrected chi connectivity index (χ4v) is 3.91. The molecule has 7 heteroatoms. The van der Waals surface area contributed by atoms with Crippen molar-refractivity contribution >= 4 is 17.4 Å². The summed E-state index contributed by atoms with van der Waals surface area (Å²) in [4.78, 5) is 29.7. The second kappa shape index (κ2) is 10.9. The Morgan fingerprint density at radius 1 is 1.12 bits per heavy atom. The number of carbonyl (C=O) groups excluding carboxylic acids is 2. The Balaban J connectivity index is 2.05.